The second kappa shape index (κ2) is 11.0. The molecule has 11 heteroatoms. The minimum atomic E-state index is -4.45. The van der Waals surface area contributed by atoms with Crippen molar-refractivity contribution in [3.05, 3.63) is 23.9 Å². The van der Waals surface area contributed by atoms with Crippen LogP contribution in [0.25, 0.3) is 0 Å². The largest absolute Gasteiger partial charge is 0.468 e. The van der Waals surface area contributed by atoms with Crippen molar-refractivity contribution in [2.45, 2.75) is 12.6 Å². The van der Waals surface area contributed by atoms with Crippen molar-refractivity contribution in [2.24, 2.45) is 0 Å². The van der Waals surface area contributed by atoms with Crippen LogP contribution in [0.4, 0.5) is 13.2 Å². The van der Waals surface area contributed by atoms with Gasteiger partial charge in [0.15, 0.2) is 6.61 Å². The lowest BCUT2D eigenvalue weighted by Crippen LogP contribution is -2.51. The average Bonchev–Trinajstić information content (AvgIpc) is 2.69. The van der Waals surface area contributed by atoms with E-state index in [0.29, 0.717) is 39.3 Å². The minimum Gasteiger partial charge on any atom is -0.468 e. The molecule has 0 spiro atoms. The molecule has 0 aliphatic carbocycles. The molecule has 0 saturated carbocycles. The maximum Gasteiger partial charge on any atom is 0.422 e. The van der Waals surface area contributed by atoms with E-state index >= 15 is 0 Å². The number of piperazine rings is 1. The highest BCUT2D eigenvalue weighted by molar-refractivity contribution is 5.94. The Morgan fingerprint density at radius 3 is 2.52 bits per heavy atom. The predicted molar refractivity (Wildman–Crippen MR) is 97.6 cm³/mol. The summed E-state index contributed by atoms with van der Waals surface area (Å²) < 4.78 is 45.9. The number of aromatic nitrogens is 1. The van der Waals surface area contributed by atoms with Gasteiger partial charge in [-0.2, -0.15) is 13.2 Å². The van der Waals surface area contributed by atoms with E-state index in [4.69, 9.17) is 4.74 Å². The van der Waals surface area contributed by atoms with Crippen molar-refractivity contribution >= 4 is 11.8 Å². The van der Waals surface area contributed by atoms with Crippen LogP contribution in [0.2, 0.25) is 0 Å². The van der Waals surface area contributed by atoms with Gasteiger partial charge in [-0.25, -0.2) is 4.98 Å². The van der Waals surface area contributed by atoms with Crippen LogP contribution in [0.3, 0.4) is 0 Å². The molecule has 2 amide bonds. The van der Waals surface area contributed by atoms with E-state index < -0.39 is 12.8 Å². The number of amides is 2. The molecule has 29 heavy (non-hydrogen) atoms. The van der Waals surface area contributed by atoms with Gasteiger partial charge in [0, 0.05) is 58.7 Å². The van der Waals surface area contributed by atoms with E-state index in [2.05, 4.69) is 15.0 Å². The first kappa shape index (κ1) is 22.9. The fourth-order valence-electron chi connectivity index (χ4n) is 2.74. The van der Waals surface area contributed by atoms with E-state index in [0.717, 1.165) is 6.42 Å². The standard InChI is InChI=1S/C18H25F3N4O4/c1-28-10-2-5-22-15(26)12-24-6-8-25(9-7-24)17(27)14-3-4-16(23-11-14)29-13-18(19,20)21/h3-4,11H,2,5-10,12-13H2,1H3,(H,22,26). The van der Waals surface area contributed by atoms with Gasteiger partial charge in [-0.05, 0) is 12.5 Å². The van der Waals surface area contributed by atoms with Crippen LogP contribution in [0.5, 0.6) is 5.88 Å². The van der Waals surface area contributed by atoms with Gasteiger partial charge in [0.05, 0.1) is 12.1 Å². The van der Waals surface area contributed by atoms with E-state index in [9.17, 15) is 22.8 Å². The van der Waals surface area contributed by atoms with E-state index in [1.807, 2.05) is 4.90 Å². The van der Waals surface area contributed by atoms with Gasteiger partial charge in [-0.1, -0.05) is 0 Å². The smallest absolute Gasteiger partial charge is 0.422 e. The molecule has 2 rings (SSSR count). The molecule has 0 aromatic carbocycles. The molecule has 1 aromatic heterocycles. The maximum absolute atomic E-state index is 12.5. The molecule has 0 unspecified atom stereocenters. The lowest BCUT2D eigenvalue weighted by atomic mass is 10.2. The Morgan fingerprint density at radius 2 is 1.93 bits per heavy atom. The summed E-state index contributed by atoms with van der Waals surface area (Å²) in [7, 11) is 1.61. The maximum atomic E-state index is 12.5. The molecule has 1 N–H and O–H groups in total. The molecule has 2 heterocycles. The van der Waals surface area contributed by atoms with Crippen LogP contribution >= 0.6 is 0 Å². The van der Waals surface area contributed by atoms with Gasteiger partial charge >= 0.3 is 6.18 Å². The van der Waals surface area contributed by atoms with Gasteiger partial charge in [-0.3, -0.25) is 14.5 Å². The van der Waals surface area contributed by atoms with E-state index in [1.165, 1.54) is 18.3 Å². The van der Waals surface area contributed by atoms with Gasteiger partial charge in [-0.15, -0.1) is 0 Å². The molecule has 8 nitrogen and oxygen atoms in total. The molecule has 1 aromatic rings. The molecule has 1 fully saturated rings. The lowest BCUT2D eigenvalue weighted by Gasteiger charge is -2.34. The van der Waals surface area contributed by atoms with Crippen LogP contribution in [-0.4, -0.2) is 92.4 Å². The monoisotopic (exact) mass is 418 g/mol. The van der Waals surface area contributed by atoms with Crippen LogP contribution in [0, 0.1) is 0 Å². The van der Waals surface area contributed by atoms with Crippen molar-refractivity contribution in [1.82, 2.24) is 20.1 Å². The molecule has 1 aliphatic rings. The van der Waals surface area contributed by atoms with Gasteiger partial charge in [0.1, 0.15) is 0 Å². The number of alkyl halides is 3. The fourth-order valence-corrected chi connectivity index (χ4v) is 2.74. The quantitative estimate of drug-likeness (QED) is 0.601. The molecule has 0 bridgehead atoms. The number of methoxy groups -OCH3 is 1. The Kier molecular flexibility index (Phi) is 8.65. The van der Waals surface area contributed by atoms with Crippen molar-refractivity contribution in [3.8, 4) is 5.88 Å². The Hall–Kier alpha value is -2.40. The molecule has 0 atom stereocenters. The fraction of sp³-hybridized carbons (Fsp3) is 0.611. The summed E-state index contributed by atoms with van der Waals surface area (Å²) in [5.74, 6) is -0.525. The predicted octanol–water partition coefficient (Wildman–Crippen LogP) is 0.933. The summed E-state index contributed by atoms with van der Waals surface area (Å²) in [5, 5.41) is 2.82. The third-order valence-corrected chi connectivity index (χ3v) is 4.24. The molecule has 1 aliphatic heterocycles. The Labute approximate surface area is 167 Å². The number of hydrogen-bond donors (Lipinski definition) is 1. The first-order valence-electron chi connectivity index (χ1n) is 9.21. The topological polar surface area (TPSA) is 84.0 Å². The van der Waals surface area contributed by atoms with Crippen molar-refractivity contribution < 1.29 is 32.2 Å². The normalized spacial score (nSPS) is 15.2. The number of carbonyl (C=O) groups excluding carboxylic acids is 2. The van der Waals surface area contributed by atoms with Crippen LogP contribution < -0.4 is 10.1 Å². The highest BCUT2D eigenvalue weighted by Crippen LogP contribution is 2.17. The third-order valence-electron chi connectivity index (χ3n) is 4.24. The summed E-state index contributed by atoms with van der Waals surface area (Å²) in [6.07, 6.45) is -2.50. The van der Waals surface area contributed by atoms with Gasteiger partial charge in [0.2, 0.25) is 11.8 Å². The number of hydrogen-bond acceptors (Lipinski definition) is 6. The van der Waals surface area contributed by atoms with Crippen molar-refractivity contribution in [1.29, 1.82) is 0 Å². The first-order chi connectivity index (χ1) is 13.8. The number of nitrogens with one attached hydrogen (secondary N) is 1. The van der Waals surface area contributed by atoms with Gasteiger partial charge < -0.3 is 19.7 Å². The zero-order valence-electron chi connectivity index (χ0n) is 16.2. The average molecular weight is 418 g/mol. The Bertz CT molecular complexity index is 662. The lowest BCUT2D eigenvalue weighted by molar-refractivity contribution is -0.154. The molecule has 1 saturated heterocycles. The zero-order chi connectivity index (χ0) is 21.3. The first-order valence-corrected chi connectivity index (χ1v) is 9.21. The number of ether oxygens (including phenoxy) is 2. The third kappa shape index (κ3) is 8.24. The molecule has 162 valence electrons. The minimum absolute atomic E-state index is 0.0699. The van der Waals surface area contributed by atoms with Gasteiger partial charge in [0.25, 0.3) is 5.91 Å². The molecular weight excluding hydrogens is 393 g/mol. The van der Waals surface area contributed by atoms with Crippen molar-refractivity contribution in [3.63, 3.8) is 0 Å². The second-order valence-electron chi connectivity index (χ2n) is 6.55. The highest BCUT2D eigenvalue weighted by atomic mass is 19.4. The summed E-state index contributed by atoms with van der Waals surface area (Å²) in [5.41, 5.74) is 0.272. The Morgan fingerprint density at radius 1 is 1.21 bits per heavy atom. The Balaban J connectivity index is 1.74. The second-order valence-corrected chi connectivity index (χ2v) is 6.55. The van der Waals surface area contributed by atoms with Crippen molar-refractivity contribution in [2.75, 3.05) is 59.6 Å². The van der Waals surface area contributed by atoms with Crippen LogP contribution in [0.15, 0.2) is 18.3 Å². The van der Waals surface area contributed by atoms with E-state index in [-0.39, 0.29) is 29.8 Å². The summed E-state index contributed by atoms with van der Waals surface area (Å²) >= 11 is 0. The SMILES string of the molecule is COCCCNC(=O)CN1CCN(C(=O)c2ccc(OCC(F)(F)F)nc2)CC1. The van der Waals surface area contributed by atoms with E-state index in [1.54, 1.807) is 12.0 Å². The number of rotatable bonds is 9. The van der Waals surface area contributed by atoms with Crippen LogP contribution in [0.1, 0.15) is 16.8 Å². The highest BCUT2D eigenvalue weighted by Gasteiger charge is 2.29. The summed E-state index contributed by atoms with van der Waals surface area (Å²) in [6.45, 7) is 1.97. The number of nitrogens with zero attached hydrogens (tertiary/aromatic N) is 3. The summed E-state index contributed by atoms with van der Waals surface area (Å²) in [6, 6.07) is 2.63. The number of carbonyl (C=O) groups is 2. The number of halogens is 3. The zero-order valence-corrected chi connectivity index (χ0v) is 16.2. The molecular formula is C18H25F3N4O4. The van der Waals surface area contributed by atoms with Crippen LogP contribution in [-0.2, 0) is 9.53 Å². The number of pyridine rings is 1. The summed E-state index contributed by atoms with van der Waals surface area (Å²) in [4.78, 5) is 31.7. The molecule has 0 radical (unpaired) electrons.